The molecule has 2 saturated heterocycles. The number of nitrogens with one attached hydrogen (secondary N) is 1. The number of fused-ring (bicyclic) bond motifs is 1. The van der Waals surface area contributed by atoms with E-state index in [-0.39, 0.29) is 54.3 Å². The molecule has 0 radical (unpaired) electrons. The van der Waals surface area contributed by atoms with Gasteiger partial charge in [0.2, 0.25) is 5.91 Å². The third-order valence-corrected chi connectivity index (χ3v) is 5.15. The zero-order valence-corrected chi connectivity index (χ0v) is 13.5. The Morgan fingerprint density at radius 2 is 1.95 bits per heavy atom. The number of rotatable bonds is 2. The van der Waals surface area contributed by atoms with E-state index >= 15 is 0 Å². The zero-order chi connectivity index (χ0) is 12.6. The number of carbonyl (C=O) groups excluding carboxylic acids is 1. The summed E-state index contributed by atoms with van der Waals surface area (Å²) in [5, 5.41) is 3.22. The van der Waals surface area contributed by atoms with Crippen molar-refractivity contribution in [2.24, 2.45) is 0 Å². The largest absolute Gasteiger partial charge is 0.348 e. The molecule has 0 aromatic carbocycles. The van der Waals surface area contributed by atoms with E-state index in [9.17, 15) is 13.2 Å². The molecule has 19 heavy (non-hydrogen) atoms. The second kappa shape index (κ2) is 7.08. The SMILES string of the molecule is CN(C)C(=O)CN1CCN[C@H]2CS(=O)(=O)C[C@H]21.Cl.Cl. The molecule has 0 aliphatic carbocycles. The summed E-state index contributed by atoms with van der Waals surface area (Å²) in [6, 6.07) is -0.0543. The Bertz CT molecular complexity index is 416. The van der Waals surface area contributed by atoms with Crippen LogP contribution in [-0.4, -0.2) is 81.4 Å². The number of amides is 1. The van der Waals surface area contributed by atoms with Crippen LogP contribution in [0.3, 0.4) is 0 Å². The van der Waals surface area contributed by atoms with Crippen LogP contribution in [-0.2, 0) is 14.6 Å². The second-order valence-corrected chi connectivity index (χ2v) is 7.12. The molecular formula is C10H21Cl2N3O3S. The summed E-state index contributed by atoms with van der Waals surface area (Å²) in [4.78, 5) is 15.2. The average Bonchev–Trinajstić information content (AvgIpc) is 2.53. The maximum absolute atomic E-state index is 11.7. The first-order valence-corrected chi connectivity index (χ1v) is 7.59. The molecule has 9 heteroatoms. The van der Waals surface area contributed by atoms with Crippen LogP contribution in [0.4, 0.5) is 0 Å². The molecule has 2 fully saturated rings. The van der Waals surface area contributed by atoms with Crippen LogP contribution in [0.15, 0.2) is 0 Å². The van der Waals surface area contributed by atoms with E-state index in [0.717, 1.165) is 13.1 Å². The fourth-order valence-electron chi connectivity index (χ4n) is 2.45. The first-order chi connectivity index (χ1) is 7.89. The van der Waals surface area contributed by atoms with Crippen LogP contribution in [0.2, 0.25) is 0 Å². The van der Waals surface area contributed by atoms with Crippen molar-refractivity contribution in [1.82, 2.24) is 15.1 Å². The summed E-state index contributed by atoms with van der Waals surface area (Å²) in [6.07, 6.45) is 0. The van der Waals surface area contributed by atoms with Gasteiger partial charge in [-0.3, -0.25) is 9.69 Å². The van der Waals surface area contributed by atoms with Crippen molar-refractivity contribution < 1.29 is 13.2 Å². The standard InChI is InChI=1S/C10H19N3O3S.2ClH/c1-12(2)10(14)5-13-4-3-11-8-6-17(15,16)7-9(8)13;;/h8-9,11H,3-7H2,1-2H3;2*1H/t8-,9+;;/m0../s1. The smallest absolute Gasteiger partial charge is 0.236 e. The molecule has 2 rings (SSSR count). The van der Waals surface area contributed by atoms with Crippen molar-refractivity contribution in [2.75, 3.05) is 45.2 Å². The third kappa shape index (κ3) is 4.46. The van der Waals surface area contributed by atoms with E-state index in [4.69, 9.17) is 0 Å². The molecule has 2 aliphatic heterocycles. The molecule has 2 heterocycles. The topological polar surface area (TPSA) is 69.7 Å². The van der Waals surface area contributed by atoms with Crippen molar-refractivity contribution in [1.29, 1.82) is 0 Å². The predicted octanol–water partition coefficient (Wildman–Crippen LogP) is -1.01. The van der Waals surface area contributed by atoms with Crippen molar-refractivity contribution in [3.63, 3.8) is 0 Å². The number of sulfone groups is 1. The zero-order valence-electron chi connectivity index (χ0n) is 11.0. The number of hydrogen-bond acceptors (Lipinski definition) is 5. The van der Waals surface area contributed by atoms with Gasteiger partial charge in [0, 0.05) is 39.3 Å². The van der Waals surface area contributed by atoms with E-state index in [1.54, 1.807) is 19.0 Å². The minimum Gasteiger partial charge on any atom is -0.348 e. The fraction of sp³-hybridized carbons (Fsp3) is 0.900. The number of piperazine rings is 1. The summed E-state index contributed by atoms with van der Waals surface area (Å²) in [5.41, 5.74) is 0. The van der Waals surface area contributed by atoms with Crippen molar-refractivity contribution in [2.45, 2.75) is 12.1 Å². The summed E-state index contributed by atoms with van der Waals surface area (Å²) in [7, 11) is 0.484. The molecule has 0 aromatic heterocycles. The van der Waals surface area contributed by atoms with Gasteiger partial charge in [-0.25, -0.2) is 8.42 Å². The van der Waals surface area contributed by atoms with Gasteiger partial charge in [-0.15, -0.1) is 24.8 Å². The lowest BCUT2D eigenvalue weighted by Crippen LogP contribution is -2.59. The Kier molecular flexibility index (Phi) is 7.05. The van der Waals surface area contributed by atoms with E-state index < -0.39 is 9.84 Å². The third-order valence-electron chi connectivity index (χ3n) is 3.43. The lowest BCUT2D eigenvalue weighted by molar-refractivity contribution is -0.130. The van der Waals surface area contributed by atoms with E-state index in [1.165, 1.54) is 0 Å². The van der Waals surface area contributed by atoms with E-state index in [1.807, 2.05) is 4.90 Å². The van der Waals surface area contributed by atoms with Crippen molar-refractivity contribution >= 4 is 40.6 Å². The van der Waals surface area contributed by atoms with Gasteiger partial charge in [0.1, 0.15) is 0 Å². The highest BCUT2D eigenvalue weighted by Crippen LogP contribution is 2.20. The molecule has 0 bridgehead atoms. The van der Waals surface area contributed by atoms with Crippen LogP contribution >= 0.6 is 24.8 Å². The van der Waals surface area contributed by atoms with Crippen LogP contribution < -0.4 is 5.32 Å². The van der Waals surface area contributed by atoms with E-state index in [2.05, 4.69) is 5.32 Å². The van der Waals surface area contributed by atoms with Crippen LogP contribution in [0.5, 0.6) is 0 Å². The van der Waals surface area contributed by atoms with Crippen LogP contribution in [0.1, 0.15) is 0 Å². The van der Waals surface area contributed by atoms with Gasteiger partial charge >= 0.3 is 0 Å². The maximum Gasteiger partial charge on any atom is 0.236 e. The maximum atomic E-state index is 11.7. The molecule has 0 aromatic rings. The molecule has 2 atom stereocenters. The van der Waals surface area contributed by atoms with Crippen molar-refractivity contribution in [3.05, 3.63) is 0 Å². The normalized spacial score (nSPS) is 28.7. The minimum absolute atomic E-state index is 0. The van der Waals surface area contributed by atoms with Crippen molar-refractivity contribution in [3.8, 4) is 0 Å². The van der Waals surface area contributed by atoms with Gasteiger partial charge in [0.15, 0.2) is 9.84 Å². The Morgan fingerprint density at radius 3 is 2.53 bits per heavy atom. The fourth-order valence-corrected chi connectivity index (χ4v) is 4.44. The molecule has 6 nitrogen and oxygen atoms in total. The highest BCUT2D eigenvalue weighted by atomic mass is 35.5. The lowest BCUT2D eigenvalue weighted by Gasteiger charge is -2.37. The summed E-state index contributed by atoms with van der Waals surface area (Å²) in [5.74, 6) is 0.394. The molecular weight excluding hydrogens is 313 g/mol. The molecule has 0 saturated carbocycles. The summed E-state index contributed by atoms with van der Waals surface area (Å²) >= 11 is 0. The highest BCUT2D eigenvalue weighted by Gasteiger charge is 2.43. The van der Waals surface area contributed by atoms with E-state index in [0.29, 0.717) is 6.54 Å². The lowest BCUT2D eigenvalue weighted by atomic mass is 10.1. The average molecular weight is 334 g/mol. The van der Waals surface area contributed by atoms with Gasteiger partial charge in [0.25, 0.3) is 0 Å². The highest BCUT2D eigenvalue weighted by molar-refractivity contribution is 7.91. The number of nitrogens with zero attached hydrogens (tertiary/aromatic N) is 2. The summed E-state index contributed by atoms with van der Waals surface area (Å²) < 4.78 is 23.2. The quantitative estimate of drug-likeness (QED) is 0.701. The number of carbonyl (C=O) groups is 1. The van der Waals surface area contributed by atoms with Crippen LogP contribution in [0.25, 0.3) is 0 Å². The van der Waals surface area contributed by atoms with Gasteiger partial charge < -0.3 is 10.2 Å². The number of likely N-dealkylation sites (N-methyl/N-ethyl adjacent to an activating group) is 1. The van der Waals surface area contributed by atoms with Gasteiger partial charge in [-0.1, -0.05) is 0 Å². The number of halogens is 2. The molecule has 0 unspecified atom stereocenters. The van der Waals surface area contributed by atoms with Gasteiger partial charge in [-0.2, -0.15) is 0 Å². The molecule has 1 N–H and O–H groups in total. The molecule has 114 valence electrons. The Morgan fingerprint density at radius 1 is 1.32 bits per heavy atom. The molecule has 1 amide bonds. The molecule has 0 spiro atoms. The first-order valence-electron chi connectivity index (χ1n) is 5.77. The Balaban J connectivity index is 0.00000162. The van der Waals surface area contributed by atoms with Gasteiger partial charge in [-0.05, 0) is 0 Å². The Hall–Kier alpha value is -0.0800. The predicted molar refractivity (Wildman–Crippen MR) is 79.0 cm³/mol. The molecule has 2 aliphatic rings. The second-order valence-electron chi connectivity index (χ2n) is 4.96. The monoisotopic (exact) mass is 333 g/mol. The minimum atomic E-state index is -2.95. The number of hydrogen-bond donors (Lipinski definition) is 1. The summed E-state index contributed by atoms with van der Waals surface area (Å²) in [6.45, 7) is 1.79. The van der Waals surface area contributed by atoms with Gasteiger partial charge in [0.05, 0.1) is 18.1 Å². The van der Waals surface area contributed by atoms with Crippen LogP contribution in [0, 0.1) is 0 Å². The first kappa shape index (κ1) is 18.9. The Labute approximate surface area is 126 Å².